The summed E-state index contributed by atoms with van der Waals surface area (Å²) in [6, 6.07) is 4.38. The number of anilines is 1. The van der Waals surface area contributed by atoms with Crippen molar-refractivity contribution in [3.63, 3.8) is 0 Å². The summed E-state index contributed by atoms with van der Waals surface area (Å²) in [4.78, 5) is 18.9. The fraction of sp³-hybridized carbons (Fsp3) is 0.625. The maximum atomic E-state index is 12.3. The second kappa shape index (κ2) is 7.41. The molecule has 0 saturated carbocycles. The molecule has 2 heterocycles. The van der Waals surface area contributed by atoms with Gasteiger partial charge in [0.05, 0.1) is 0 Å². The third-order valence-electron chi connectivity index (χ3n) is 4.12. The minimum atomic E-state index is -0.00120. The monoisotopic (exact) mass is 290 g/mol. The summed E-state index contributed by atoms with van der Waals surface area (Å²) in [6.45, 7) is 6.21. The number of nitrogens with zero attached hydrogens (tertiary/aromatic N) is 2. The van der Waals surface area contributed by atoms with Gasteiger partial charge in [-0.15, -0.1) is 0 Å². The van der Waals surface area contributed by atoms with Crippen molar-refractivity contribution in [3.05, 3.63) is 23.9 Å². The average Bonchev–Trinajstić information content (AvgIpc) is 2.49. The Morgan fingerprint density at radius 3 is 3.05 bits per heavy atom. The van der Waals surface area contributed by atoms with Crippen LogP contribution in [0.2, 0.25) is 0 Å². The summed E-state index contributed by atoms with van der Waals surface area (Å²) < 4.78 is 0. The number of amides is 1. The molecule has 0 aliphatic carbocycles. The molecule has 1 fully saturated rings. The lowest BCUT2D eigenvalue weighted by molar-refractivity contribution is 0.0896. The van der Waals surface area contributed by atoms with Gasteiger partial charge >= 0.3 is 0 Å². The van der Waals surface area contributed by atoms with Crippen molar-refractivity contribution in [2.75, 3.05) is 25.5 Å². The number of hydrogen-bond acceptors (Lipinski definition) is 4. The highest BCUT2D eigenvalue weighted by atomic mass is 16.1. The predicted molar refractivity (Wildman–Crippen MR) is 85.6 cm³/mol. The molecular formula is C16H26N4O. The number of hydrogen-bond donors (Lipinski definition) is 2. The van der Waals surface area contributed by atoms with Crippen LogP contribution in [-0.4, -0.2) is 48.0 Å². The molecule has 1 aliphatic heterocycles. The van der Waals surface area contributed by atoms with Crippen LogP contribution in [0.3, 0.4) is 0 Å². The molecule has 1 aromatic rings. The molecule has 0 aromatic carbocycles. The van der Waals surface area contributed by atoms with Crippen molar-refractivity contribution in [1.82, 2.24) is 15.2 Å². The molecule has 1 aromatic heterocycles. The van der Waals surface area contributed by atoms with Gasteiger partial charge in [0.2, 0.25) is 0 Å². The van der Waals surface area contributed by atoms with Gasteiger partial charge in [-0.05, 0) is 45.4 Å². The maximum absolute atomic E-state index is 12.3. The zero-order valence-electron chi connectivity index (χ0n) is 13.2. The number of likely N-dealkylation sites (tertiary alicyclic amines) is 1. The van der Waals surface area contributed by atoms with Gasteiger partial charge in [-0.2, -0.15) is 0 Å². The Morgan fingerprint density at radius 2 is 2.33 bits per heavy atom. The van der Waals surface area contributed by atoms with E-state index in [1.807, 2.05) is 6.07 Å². The van der Waals surface area contributed by atoms with Crippen LogP contribution in [0.25, 0.3) is 0 Å². The molecule has 1 amide bonds. The summed E-state index contributed by atoms with van der Waals surface area (Å²) in [5, 5.41) is 6.36. The van der Waals surface area contributed by atoms with E-state index in [-0.39, 0.29) is 11.9 Å². The zero-order chi connectivity index (χ0) is 15.2. The van der Waals surface area contributed by atoms with E-state index in [0.717, 1.165) is 38.2 Å². The van der Waals surface area contributed by atoms with Crippen molar-refractivity contribution >= 4 is 11.7 Å². The van der Waals surface area contributed by atoms with Crippen LogP contribution >= 0.6 is 0 Å². The van der Waals surface area contributed by atoms with Crippen LogP contribution in [0, 0.1) is 0 Å². The van der Waals surface area contributed by atoms with E-state index < -0.39 is 0 Å². The fourth-order valence-electron chi connectivity index (χ4n) is 2.61. The molecule has 0 spiro atoms. The second-order valence-electron chi connectivity index (χ2n) is 5.88. The van der Waals surface area contributed by atoms with E-state index >= 15 is 0 Å². The minimum absolute atomic E-state index is 0.00120. The summed E-state index contributed by atoms with van der Waals surface area (Å²) in [5.74, 6) is 0.764. The van der Waals surface area contributed by atoms with E-state index in [9.17, 15) is 4.79 Å². The summed E-state index contributed by atoms with van der Waals surface area (Å²) in [7, 11) is 2.14. The van der Waals surface area contributed by atoms with Crippen LogP contribution in [0.15, 0.2) is 18.3 Å². The van der Waals surface area contributed by atoms with Gasteiger partial charge in [-0.1, -0.05) is 6.92 Å². The largest absolute Gasteiger partial charge is 0.370 e. The summed E-state index contributed by atoms with van der Waals surface area (Å²) >= 11 is 0. The Bertz CT molecular complexity index is 477. The number of nitrogens with one attached hydrogen (secondary N) is 2. The molecule has 2 atom stereocenters. The molecule has 2 unspecified atom stereocenters. The van der Waals surface area contributed by atoms with Crippen LogP contribution in [-0.2, 0) is 0 Å². The molecule has 1 saturated heterocycles. The van der Waals surface area contributed by atoms with Crippen molar-refractivity contribution < 1.29 is 4.79 Å². The van der Waals surface area contributed by atoms with E-state index in [1.165, 1.54) is 0 Å². The highest BCUT2D eigenvalue weighted by Gasteiger charge is 2.24. The summed E-state index contributed by atoms with van der Waals surface area (Å²) in [5.41, 5.74) is 0.676. The first kappa shape index (κ1) is 15.8. The third kappa shape index (κ3) is 4.43. The Morgan fingerprint density at radius 1 is 1.52 bits per heavy atom. The number of rotatable bonds is 5. The van der Waals surface area contributed by atoms with Crippen molar-refractivity contribution in [2.45, 2.75) is 45.2 Å². The topological polar surface area (TPSA) is 57.3 Å². The van der Waals surface area contributed by atoms with Crippen molar-refractivity contribution in [1.29, 1.82) is 0 Å². The quantitative estimate of drug-likeness (QED) is 0.872. The van der Waals surface area contributed by atoms with E-state index in [1.54, 1.807) is 12.3 Å². The van der Waals surface area contributed by atoms with E-state index in [4.69, 9.17) is 0 Å². The van der Waals surface area contributed by atoms with Crippen LogP contribution < -0.4 is 10.6 Å². The number of carbonyl (C=O) groups is 1. The van der Waals surface area contributed by atoms with Crippen LogP contribution in [0.1, 0.15) is 43.5 Å². The number of carbonyl (C=O) groups excluding carboxylic acids is 1. The Hall–Kier alpha value is -1.62. The number of aromatic nitrogens is 1. The summed E-state index contributed by atoms with van der Waals surface area (Å²) in [6.07, 6.45) is 4.74. The lowest BCUT2D eigenvalue weighted by Gasteiger charge is -2.35. The number of piperidine rings is 1. The van der Waals surface area contributed by atoms with E-state index in [2.05, 4.69) is 41.4 Å². The van der Waals surface area contributed by atoms with Gasteiger partial charge in [-0.3, -0.25) is 4.79 Å². The van der Waals surface area contributed by atoms with Crippen molar-refractivity contribution in [3.8, 4) is 0 Å². The highest BCUT2D eigenvalue weighted by Crippen LogP contribution is 2.16. The zero-order valence-corrected chi connectivity index (χ0v) is 13.2. The number of pyridine rings is 1. The first-order chi connectivity index (χ1) is 10.1. The van der Waals surface area contributed by atoms with E-state index in [0.29, 0.717) is 11.6 Å². The van der Waals surface area contributed by atoms with Gasteiger partial charge in [0, 0.05) is 36.9 Å². The van der Waals surface area contributed by atoms with Crippen LogP contribution in [0.5, 0.6) is 0 Å². The minimum Gasteiger partial charge on any atom is -0.370 e. The Balaban J connectivity index is 1.94. The van der Waals surface area contributed by atoms with Crippen molar-refractivity contribution in [2.24, 2.45) is 0 Å². The first-order valence-corrected chi connectivity index (χ1v) is 7.81. The molecule has 2 N–H and O–H groups in total. The molecule has 116 valence electrons. The molecule has 0 radical (unpaired) electrons. The Kier molecular flexibility index (Phi) is 5.56. The molecule has 21 heavy (non-hydrogen) atoms. The fourth-order valence-corrected chi connectivity index (χ4v) is 2.61. The average molecular weight is 290 g/mol. The normalized spacial score (nSPS) is 22.8. The first-order valence-electron chi connectivity index (χ1n) is 7.81. The predicted octanol–water partition coefficient (Wildman–Crippen LogP) is 2.12. The molecule has 0 bridgehead atoms. The van der Waals surface area contributed by atoms with Crippen LogP contribution in [0.4, 0.5) is 5.82 Å². The van der Waals surface area contributed by atoms with Gasteiger partial charge in [0.15, 0.2) is 0 Å². The second-order valence-corrected chi connectivity index (χ2v) is 5.88. The van der Waals surface area contributed by atoms with Gasteiger partial charge in [0.25, 0.3) is 5.91 Å². The highest BCUT2D eigenvalue weighted by molar-refractivity contribution is 5.95. The lowest BCUT2D eigenvalue weighted by Crippen LogP contribution is -2.47. The molecule has 5 heteroatoms. The SMILES string of the molecule is CCCNc1cc(C(=O)NC2CCN(C)C(C)C2)ccn1. The third-order valence-corrected chi connectivity index (χ3v) is 4.12. The molecule has 5 nitrogen and oxygen atoms in total. The standard InChI is InChI=1S/C16H26N4O/c1-4-7-17-15-11-13(5-8-18-15)16(21)19-14-6-9-20(3)12(2)10-14/h5,8,11-12,14H,4,6-7,9-10H2,1-3H3,(H,17,18)(H,19,21). The smallest absolute Gasteiger partial charge is 0.251 e. The molecule has 2 rings (SSSR count). The maximum Gasteiger partial charge on any atom is 0.251 e. The molecule has 1 aliphatic rings. The van der Waals surface area contributed by atoms with Gasteiger partial charge < -0.3 is 15.5 Å². The van der Waals surface area contributed by atoms with Gasteiger partial charge in [-0.25, -0.2) is 4.98 Å². The lowest BCUT2D eigenvalue weighted by atomic mass is 9.98. The van der Waals surface area contributed by atoms with Gasteiger partial charge in [0.1, 0.15) is 5.82 Å². The Labute approximate surface area is 127 Å². The molecular weight excluding hydrogens is 264 g/mol.